The van der Waals surface area contributed by atoms with Crippen molar-refractivity contribution in [1.82, 2.24) is 9.88 Å². The average molecular weight is 475 g/mol. The van der Waals surface area contributed by atoms with Gasteiger partial charge in [-0.2, -0.15) is 0 Å². The van der Waals surface area contributed by atoms with Crippen LogP contribution in [0.15, 0.2) is 36.4 Å². The molecule has 1 fully saturated rings. The van der Waals surface area contributed by atoms with Crippen molar-refractivity contribution in [3.8, 4) is 0 Å². The van der Waals surface area contributed by atoms with Gasteiger partial charge in [-0.1, -0.05) is 35.1 Å². The van der Waals surface area contributed by atoms with Crippen molar-refractivity contribution in [1.29, 1.82) is 0 Å². The van der Waals surface area contributed by atoms with Crippen LogP contribution in [0.25, 0.3) is 10.2 Å². The number of morpholine rings is 1. The van der Waals surface area contributed by atoms with Crippen LogP contribution in [0.5, 0.6) is 0 Å². The Morgan fingerprint density at radius 3 is 2.75 bits per heavy atom. The van der Waals surface area contributed by atoms with Crippen molar-refractivity contribution < 1.29 is 14.5 Å². The van der Waals surface area contributed by atoms with Crippen molar-refractivity contribution in [2.75, 3.05) is 44.3 Å². The number of benzene rings is 2. The zero-order valence-electron chi connectivity index (χ0n) is 17.6. The highest BCUT2D eigenvalue weighted by Gasteiger charge is 2.26. The number of nitro groups is 1. The molecule has 0 radical (unpaired) electrons. The molecule has 1 aromatic heterocycles. The molecule has 0 spiro atoms. The van der Waals surface area contributed by atoms with E-state index in [-0.39, 0.29) is 11.6 Å². The summed E-state index contributed by atoms with van der Waals surface area (Å²) < 4.78 is 6.28. The fourth-order valence-corrected chi connectivity index (χ4v) is 5.07. The Hall–Kier alpha value is -2.59. The third-order valence-corrected chi connectivity index (χ3v) is 6.88. The first kappa shape index (κ1) is 22.6. The molecule has 1 aliphatic heterocycles. The number of hydrogen-bond acceptors (Lipinski definition) is 7. The van der Waals surface area contributed by atoms with E-state index in [2.05, 4.69) is 9.88 Å². The summed E-state index contributed by atoms with van der Waals surface area (Å²) in [6.07, 6.45) is 0.739. The number of para-hydroxylation sites is 1. The number of hydrogen-bond donors (Lipinski definition) is 0. The van der Waals surface area contributed by atoms with Crippen LogP contribution in [0.4, 0.5) is 10.8 Å². The van der Waals surface area contributed by atoms with Gasteiger partial charge in [0.05, 0.1) is 27.9 Å². The van der Waals surface area contributed by atoms with Gasteiger partial charge in [-0.3, -0.25) is 24.7 Å². The molecule has 32 heavy (non-hydrogen) atoms. The lowest BCUT2D eigenvalue weighted by Crippen LogP contribution is -2.39. The molecule has 3 aromatic rings. The summed E-state index contributed by atoms with van der Waals surface area (Å²) in [6, 6.07) is 10.1. The second-order valence-electron chi connectivity index (χ2n) is 7.55. The molecule has 0 atom stereocenters. The number of aromatic nitrogens is 1. The molecule has 4 rings (SSSR count). The Morgan fingerprint density at radius 1 is 1.28 bits per heavy atom. The van der Waals surface area contributed by atoms with Crippen molar-refractivity contribution in [3.05, 3.63) is 62.7 Å². The van der Waals surface area contributed by atoms with Crippen LogP contribution < -0.4 is 4.90 Å². The summed E-state index contributed by atoms with van der Waals surface area (Å²) in [7, 11) is 0. The van der Waals surface area contributed by atoms with Gasteiger partial charge in [-0.05, 0) is 31.5 Å². The molecule has 168 valence electrons. The topological polar surface area (TPSA) is 88.8 Å². The fourth-order valence-electron chi connectivity index (χ4n) is 3.78. The van der Waals surface area contributed by atoms with Gasteiger partial charge in [0.2, 0.25) is 0 Å². The van der Waals surface area contributed by atoms with E-state index in [9.17, 15) is 14.9 Å². The van der Waals surface area contributed by atoms with Crippen molar-refractivity contribution in [2.45, 2.75) is 13.3 Å². The summed E-state index contributed by atoms with van der Waals surface area (Å²) in [5.41, 5.74) is 1.23. The lowest BCUT2D eigenvalue weighted by Gasteiger charge is -2.28. The maximum absolute atomic E-state index is 13.6. The number of carbonyl (C=O) groups excluding carboxylic acids is 1. The zero-order chi connectivity index (χ0) is 22.7. The summed E-state index contributed by atoms with van der Waals surface area (Å²) in [4.78, 5) is 33.1. The van der Waals surface area contributed by atoms with Crippen LogP contribution in [0.1, 0.15) is 22.3 Å². The summed E-state index contributed by atoms with van der Waals surface area (Å²) in [5.74, 6) is -0.302. The Morgan fingerprint density at radius 2 is 2.03 bits per heavy atom. The van der Waals surface area contributed by atoms with Gasteiger partial charge in [0.1, 0.15) is 5.52 Å². The van der Waals surface area contributed by atoms with Gasteiger partial charge < -0.3 is 4.74 Å². The normalized spacial score (nSPS) is 14.6. The third kappa shape index (κ3) is 4.75. The summed E-state index contributed by atoms with van der Waals surface area (Å²) >= 11 is 7.69. The van der Waals surface area contributed by atoms with Crippen LogP contribution in [0, 0.1) is 17.0 Å². The van der Waals surface area contributed by atoms with Crippen LogP contribution in [-0.4, -0.2) is 60.1 Å². The number of nitrogens with zero attached hydrogens (tertiary/aromatic N) is 4. The third-order valence-electron chi connectivity index (χ3n) is 5.53. The number of amides is 1. The average Bonchev–Trinajstić information content (AvgIpc) is 3.22. The SMILES string of the molecule is Cc1c(C(=O)N(CCCN2CCOCC2)c2nc3c(Cl)cccc3s2)cccc1[N+](=O)[O-]. The molecule has 1 amide bonds. The lowest BCUT2D eigenvalue weighted by molar-refractivity contribution is -0.385. The number of nitro benzene ring substituents is 1. The molecule has 0 N–H and O–H groups in total. The maximum atomic E-state index is 13.6. The van der Waals surface area contributed by atoms with Crippen LogP contribution in [0.3, 0.4) is 0 Å². The van der Waals surface area contributed by atoms with Crippen molar-refractivity contribution >= 4 is 49.9 Å². The molecule has 1 saturated heterocycles. The second-order valence-corrected chi connectivity index (χ2v) is 8.97. The minimum Gasteiger partial charge on any atom is -0.379 e. The highest BCUT2D eigenvalue weighted by molar-refractivity contribution is 7.22. The van der Waals surface area contributed by atoms with Gasteiger partial charge in [-0.25, -0.2) is 4.98 Å². The first-order chi connectivity index (χ1) is 15.5. The molecular weight excluding hydrogens is 452 g/mol. The molecule has 2 aromatic carbocycles. The van der Waals surface area contributed by atoms with E-state index >= 15 is 0 Å². The standard InChI is InChI=1S/C22H23ClN4O4S/c1-15-16(5-2-7-18(15)27(29)30)21(28)26(10-4-9-25-11-13-31-14-12-25)22-24-20-17(23)6-3-8-19(20)32-22/h2-3,5-8H,4,9-14H2,1H3. The van der Waals surface area contributed by atoms with Crippen molar-refractivity contribution in [2.24, 2.45) is 0 Å². The van der Waals surface area contributed by atoms with E-state index in [0.717, 1.165) is 30.8 Å². The molecule has 0 saturated carbocycles. The Bertz CT molecular complexity index is 1150. The van der Waals surface area contributed by atoms with E-state index < -0.39 is 4.92 Å². The van der Waals surface area contributed by atoms with Gasteiger partial charge in [0, 0.05) is 43.4 Å². The molecule has 10 heteroatoms. The number of carbonyl (C=O) groups is 1. The Kier molecular flexibility index (Phi) is 7.00. The quantitative estimate of drug-likeness (QED) is 0.369. The predicted molar refractivity (Wildman–Crippen MR) is 126 cm³/mol. The van der Waals surface area contributed by atoms with Crippen LogP contribution in [0.2, 0.25) is 5.02 Å². The molecule has 1 aliphatic rings. The second kappa shape index (κ2) is 9.91. The Labute approximate surface area is 194 Å². The number of fused-ring (bicyclic) bond motifs is 1. The molecule has 0 aliphatic carbocycles. The molecule has 0 unspecified atom stereocenters. The summed E-state index contributed by atoms with van der Waals surface area (Å²) in [5, 5.41) is 12.4. The predicted octanol–water partition coefficient (Wildman–Crippen LogP) is 4.54. The van der Waals surface area contributed by atoms with E-state index in [4.69, 9.17) is 16.3 Å². The minimum atomic E-state index is -0.466. The molecule has 8 nitrogen and oxygen atoms in total. The molecule has 2 heterocycles. The maximum Gasteiger partial charge on any atom is 0.273 e. The first-order valence-corrected chi connectivity index (χ1v) is 11.6. The number of rotatable bonds is 7. The fraction of sp³-hybridized carbons (Fsp3) is 0.364. The monoisotopic (exact) mass is 474 g/mol. The van der Waals surface area contributed by atoms with Crippen molar-refractivity contribution in [3.63, 3.8) is 0 Å². The number of anilines is 1. The Balaban J connectivity index is 1.64. The van der Waals surface area contributed by atoms with E-state index in [0.29, 0.717) is 46.6 Å². The highest BCUT2D eigenvalue weighted by Crippen LogP contribution is 2.34. The van der Waals surface area contributed by atoms with Gasteiger partial charge in [0.15, 0.2) is 5.13 Å². The number of halogens is 1. The first-order valence-electron chi connectivity index (χ1n) is 10.4. The lowest BCUT2D eigenvalue weighted by atomic mass is 10.1. The van der Waals surface area contributed by atoms with Gasteiger partial charge in [0.25, 0.3) is 11.6 Å². The highest BCUT2D eigenvalue weighted by atomic mass is 35.5. The molecular formula is C22H23ClN4O4S. The summed E-state index contributed by atoms with van der Waals surface area (Å²) in [6.45, 7) is 6.04. The van der Waals surface area contributed by atoms with Gasteiger partial charge in [-0.15, -0.1) is 0 Å². The van der Waals surface area contributed by atoms with Crippen LogP contribution in [-0.2, 0) is 4.74 Å². The van der Waals surface area contributed by atoms with E-state index in [1.165, 1.54) is 17.4 Å². The van der Waals surface area contributed by atoms with E-state index in [1.807, 2.05) is 12.1 Å². The number of thiazole rings is 1. The van der Waals surface area contributed by atoms with Gasteiger partial charge >= 0.3 is 0 Å². The van der Waals surface area contributed by atoms with E-state index in [1.54, 1.807) is 30.0 Å². The smallest absolute Gasteiger partial charge is 0.273 e. The minimum absolute atomic E-state index is 0.0727. The number of ether oxygens (including phenoxy) is 1. The zero-order valence-corrected chi connectivity index (χ0v) is 19.2. The molecule has 0 bridgehead atoms. The largest absolute Gasteiger partial charge is 0.379 e. The van der Waals surface area contributed by atoms with Crippen LogP contribution >= 0.6 is 22.9 Å².